The van der Waals surface area contributed by atoms with Crippen LogP contribution in [0.25, 0.3) is 0 Å². The van der Waals surface area contributed by atoms with Crippen LogP contribution < -0.4 is 10.1 Å². The largest absolute Gasteiger partial charge is 0.490 e. The van der Waals surface area contributed by atoms with Gasteiger partial charge >= 0.3 is 0 Å². The van der Waals surface area contributed by atoms with Gasteiger partial charge in [0.25, 0.3) is 0 Å². The number of hydrogen-bond donors (Lipinski definition) is 1. The molecule has 0 radical (unpaired) electrons. The monoisotopic (exact) mass is 260 g/mol. The molecule has 0 aromatic carbocycles. The standard InChI is InChI=1S/C16H24N2O/c1-2-4-6-15(5-3-1)19-16-9-10-17-14(11-16)12-18-13-7-8-13/h9-11,13,15,18H,1-8,12H2. The van der Waals surface area contributed by atoms with Crippen molar-refractivity contribution in [2.24, 2.45) is 0 Å². The first kappa shape index (κ1) is 12.9. The number of nitrogens with one attached hydrogen (secondary N) is 1. The minimum Gasteiger partial charge on any atom is -0.490 e. The van der Waals surface area contributed by atoms with E-state index < -0.39 is 0 Å². The van der Waals surface area contributed by atoms with Gasteiger partial charge in [-0.3, -0.25) is 4.98 Å². The van der Waals surface area contributed by atoms with Crippen LogP contribution in [0.4, 0.5) is 0 Å². The van der Waals surface area contributed by atoms with Gasteiger partial charge in [-0.2, -0.15) is 0 Å². The number of pyridine rings is 1. The molecule has 0 saturated heterocycles. The summed E-state index contributed by atoms with van der Waals surface area (Å²) >= 11 is 0. The Kier molecular flexibility index (Phi) is 4.34. The Labute approximate surface area is 115 Å². The van der Waals surface area contributed by atoms with Gasteiger partial charge in [-0.15, -0.1) is 0 Å². The Morgan fingerprint density at radius 3 is 2.63 bits per heavy atom. The molecule has 2 aliphatic carbocycles. The molecule has 0 amide bonds. The number of rotatable bonds is 5. The summed E-state index contributed by atoms with van der Waals surface area (Å²) in [4.78, 5) is 4.41. The third-order valence-electron chi connectivity index (χ3n) is 4.04. The zero-order valence-corrected chi connectivity index (χ0v) is 11.6. The third kappa shape index (κ3) is 4.20. The molecule has 1 N–H and O–H groups in total. The topological polar surface area (TPSA) is 34.1 Å². The second-order valence-electron chi connectivity index (χ2n) is 5.87. The van der Waals surface area contributed by atoms with Crippen LogP contribution in [-0.4, -0.2) is 17.1 Å². The highest BCUT2D eigenvalue weighted by Gasteiger charge is 2.20. The van der Waals surface area contributed by atoms with Gasteiger partial charge in [0.05, 0.1) is 11.8 Å². The van der Waals surface area contributed by atoms with Gasteiger partial charge in [0.15, 0.2) is 0 Å². The van der Waals surface area contributed by atoms with Crippen molar-refractivity contribution in [1.29, 1.82) is 0 Å². The number of hydrogen-bond acceptors (Lipinski definition) is 3. The molecule has 1 heterocycles. The fourth-order valence-electron chi connectivity index (χ4n) is 2.71. The lowest BCUT2D eigenvalue weighted by molar-refractivity contribution is 0.183. The van der Waals surface area contributed by atoms with Crippen molar-refractivity contribution in [2.75, 3.05) is 0 Å². The van der Waals surface area contributed by atoms with Crippen LogP contribution in [0.3, 0.4) is 0 Å². The van der Waals surface area contributed by atoms with Crippen LogP contribution in [0.15, 0.2) is 18.3 Å². The molecule has 3 rings (SSSR count). The SMILES string of the molecule is c1cc(OC2CCCCCC2)cc(CNC2CC2)n1. The minimum atomic E-state index is 0.411. The summed E-state index contributed by atoms with van der Waals surface area (Å²) in [5, 5.41) is 3.50. The van der Waals surface area contributed by atoms with Crippen molar-refractivity contribution in [3.63, 3.8) is 0 Å². The molecule has 2 saturated carbocycles. The first-order chi connectivity index (χ1) is 9.40. The zero-order valence-electron chi connectivity index (χ0n) is 11.6. The van der Waals surface area contributed by atoms with Crippen molar-refractivity contribution in [1.82, 2.24) is 10.3 Å². The van der Waals surface area contributed by atoms with Crippen LogP contribution in [0.2, 0.25) is 0 Å². The van der Waals surface area contributed by atoms with Gasteiger partial charge in [0.2, 0.25) is 0 Å². The smallest absolute Gasteiger partial charge is 0.123 e. The molecule has 3 nitrogen and oxygen atoms in total. The quantitative estimate of drug-likeness (QED) is 0.824. The fraction of sp³-hybridized carbons (Fsp3) is 0.688. The van der Waals surface area contributed by atoms with Gasteiger partial charge in [-0.05, 0) is 44.6 Å². The van der Waals surface area contributed by atoms with Crippen molar-refractivity contribution in [3.8, 4) is 5.75 Å². The average molecular weight is 260 g/mol. The molecule has 2 aliphatic rings. The third-order valence-corrected chi connectivity index (χ3v) is 4.04. The number of nitrogens with zero attached hydrogens (tertiary/aromatic N) is 1. The number of ether oxygens (including phenoxy) is 1. The Morgan fingerprint density at radius 1 is 1.11 bits per heavy atom. The molecule has 3 heteroatoms. The highest BCUT2D eigenvalue weighted by molar-refractivity contribution is 5.23. The highest BCUT2D eigenvalue weighted by atomic mass is 16.5. The van der Waals surface area contributed by atoms with E-state index in [9.17, 15) is 0 Å². The summed E-state index contributed by atoms with van der Waals surface area (Å²) in [5.74, 6) is 0.995. The molecule has 0 atom stereocenters. The Balaban J connectivity index is 1.54. The van der Waals surface area contributed by atoms with Gasteiger partial charge in [-0.25, -0.2) is 0 Å². The second-order valence-corrected chi connectivity index (χ2v) is 5.87. The maximum Gasteiger partial charge on any atom is 0.123 e. The van der Waals surface area contributed by atoms with E-state index in [0.29, 0.717) is 6.10 Å². The molecule has 104 valence electrons. The average Bonchev–Trinajstić information content (AvgIpc) is 3.25. The Hall–Kier alpha value is -1.09. The molecule has 0 unspecified atom stereocenters. The predicted molar refractivity (Wildman–Crippen MR) is 76.2 cm³/mol. The van der Waals surface area contributed by atoms with Crippen LogP contribution in [0.5, 0.6) is 5.75 Å². The normalized spacial score (nSPS) is 21.1. The van der Waals surface area contributed by atoms with Gasteiger partial charge < -0.3 is 10.1 Å². The zero-order chi connectivity index (χ0) is 12.9. The van der Waals surface area contributed by atoms with Crippen LogP contribution >= 0.6 is 0 Å². The van der Waals surface area contributed by atoms with Crippen LogP contribution in [0, 0.1) is 0 Å². The maximum atomic E-state index is 6.13. The molecule has 2 fully saturated rings. The minimum absolute atomic E-state index is 0.411. The van der Waals surface area contributed by atoms with Crippen LogP contribution in [0.1, 0.15) is 57.1 Å². The summed E-state index contributed by atoms with van der Waals surface area (Å²) in [7, 11) is 0. The van der Waals surface area contributed by atoms with E-state index in [0.717, 1.165) is 24.0 Å². The van der Waals surface area contributed by atoms with Gasteiger partial charge in [-0.1, -0.05) is 12.8 Å². The predicted octanol–water partition coefficient (Wildman–Crippen LogP) is 3.44. The van der Waals surface area contributed by atoms with E-state index in [2.05, 4.69) is 16.4 Å². The summed E-state index contributed by atoms with van der Waals surface area (Å²) < 4.78 is 6.13. The Bertz CT molecular complexity index is 395. The number of aromatic nitrogens is 1. The molecule has 1 aromatic heterocycles. The molecule has 0 aliphatic heterocycles. The molecule has 0 bridgehead atoms. The molecule has 19 heavy (non-hydrogen) atoms. The van der Waals surface area contributed by atoms with E-state index in [-0.39, 0.29) is 0 Å². The van der Waals surface area contributed by atoms with E-state index in [1.807, 2.05) is 12.3 Å². The first-order valence-corrected chi connectivity index (χ1v) is 7.75. The van der Waals surface area contributed by atoms with Gasteiger partial charge in [0.1, 0.15) is 5.75 Å². The lowest BCUT2D eigenvalue weighted by Crippen LogP contribution is -2.17. The maximum absolute atomic E-state index is 6.13. The van der Waals surface area contributed by atoms with Crippen LogP contribution in [-0.2, 0) is 6.54 Å². The summed E-state index contributed by atoms with van der Waals surface area (Å²) in [5.41, 5.74) is 1.10. The van der Waals surface area contributed by atoms with Gasteiger partial charge in [0, 0.05) is 24.8 Å². The van der Waals surface area contributed by atoms with E-state index >= 15 is 0 Å². The molecule has 1 aromatic rings. The summed E-state index contributed by atoms with van der Waals surface area (Å²) in [6, 6.07) is 4.82. The summed E-state index contributed by atoms with van der Waals surface area (Å²) in [6.45, 7) is 0.868. The molecular formula is C16H24N2O. The molecular weight excluding hydrogens is 236 g/mol. The Morgan fingerprint density at radius 2 is 1.89 bits per heavy atom. The second kappa shape index (κ2) is 6.38. The molecule has 0 spiro atoms. The van der Waals surface area contributed by atoms with Crippen molar-refractivity contribution < 1.29 is 4.74 Å². The lowest BCUT2D eigenvalue weighted by atomic mass is 10.1. The van der Waals surface area contributed by atoms with Crippen molar-refractivity contribution >= 4 is 0 Å². The fourth-order valence-corrected chi connectivity index (χ4v) is 2.71. The van der Waals surface area contributed by atoms with Crippen molar-refractivity contribution in [3.05, 3.63) is 24.0 Å². The first-order valence-electron chi connectivity index (χ1n) is 7.75. The van der Waals surface area contributed by atoms with E-state index in [1.165, 1.54) is 51.4 Å². The lowest BCUT2D eigenvalue weighted by Gasteiger charge is -2.17. The summed E-state index contributed by atoms with van der Waals surface area (Å²) in [6.07, 6.45) is 12.7. The highest BCUT2D eigenvalue weighted by Crippen LogP contribution is 2.23. The van der Waals surface area contributed by atoms with Crippen molar-refractivity contribution in [2.45, 2.75) is 70.1 Å². The van der Waals surface area contributed by atoms with E-state index in [1.54, 1.807) is 0 Å². The van der Waals surface area contributed by atoms with E-state index in [4.69, 9.17) is 4.74 Å².